The number of aromatic nitrogens is 3. The lowest BCUT2D eigenvalue weighted by molar-refractivity contribution is -0.137. The Hall–Kier alpha value is -2.67. The van der Waals surface area contributed by atoms with Crippen LogP contribution in [-0.4, -0.2) is 37.6 Å². The minimum absolute atomic E-state index is 0.118. The van der Waals surface area contributed by atoms with Crippen molar-refractivity contribution in [1.82, 2.24) is 20.0 Å². The first-order valence-electron chi connectivity index (χ1n) is 8.53. The minimum Gasteiger partial charge on any atom is -0.481 e. The van der Waals surface area contributed by atoms with Crippen LogP contribution in [0.3, 0.4) is 0 Å². The lowest BCUT2D eigenvalue weighted by atomic mass is 10.0. The molecule has 7 heteroatoms. The Morgan fingerprint density at radius 2 is 2.24 bits per heavy atom. The van der Waals surface area contributed by atoms with Crippen LogP contribution < -0.4 is 0 Å². The van der Waals surface area contributed by atoms with Crippen LogP contribution in [0.25, 0.3) is 10.9 Å². The van der Waals surface area contributed by atoms with E-state index in [1.807, 2.05) is 6.07 Å². The summed E-state index contributed by atoms with van der Waals surface area (Å²) in [5.74, 6) is 0.367. The number of hydrogen-bond acceptors (Lipinski definition) is 5. The Kier molecular flexibility index (Phi) is 4.23. The summed E-state index contributed by atoms with van der Waals surface area (Å²) in [5, 5.41) is 14.0. The molecule has 0 unspecified atom stereocenters. The van der Waals surface area contributed by atoms with Gasteiger partial charge in [0.15, 0.2) is 5.82 Å². The van der Waals surface area contributed by atoms with E-state index in [1.165, 1.54) is 22.2 Å². The summed E-state index contributed by atoms with van der Waals surface area (Å²) in [7, 11) is 0. The molecule has 0 fully saturated rings. The molecule has 1 aromatic carbocycles. The quantitative estimate of drug-likeness (QED) is 0.716. The number of aliphatic carboxylic acids is 1. The highest BCUT2D eigenvalue weighted by molar-refractivity contribution is 5.84. The zero-order valence-electron chi connectivity index (χ0n) is 13.9. The second-order valence-electron chi connectivity index (χ2n) is 6.44. The van der Waals surface area contributed by atoms with E-state index in [4.69, 9.17) is 9.63 Å². The molecule has 0 aliphatic carbocycles. The molecule has 7 nitrogen and oxygen atoms in total. The smallest absolute Gasteiger partial charge is 0.303 e. The molecule has 2 N–H and O–H groups in total. The van der Waals surface area contributed by atoms with E-state index in [0.717, 1.165) is 19.5 Å². The molecule has 3 heterocycles. The Labute approximate surface area is 144 Å². The molecule has 0 spiro atoms. The van der Waals surface area contributed by atoms with Crippen LogP contribution in [0.1, 0.15) is 35.8 Å². The van der Waals surface area contributed by atoms with Gasteiger partial charge in [-0.1, -0.05) is 23.4 Å². The topological polar surface area (TPSA) is 95.2 Å². The number of nitrogens with zero attached hydrogens (tertiary/aromatic N) is 3. The number of nitrogens with one attached hydrogen (secondary N) is 1. The number of para-hydroxylation sites is 1. The van der Waals surface area contributed by atoms with E-state index >= 15 is 0 Å². The standard InChI is InChI=1S/C18H20N4O3/c23-18(24)7-3-6-17-20-16(21-25-17)11-22-9-8-13-12-4-1-2-5-14(12)19-15(13)10-22/h1-2,4-5,19H,3,6-11H2,(H,23,24). The van der Waals surface area contributed by atoms with Gasteiger partial charge in [-0.3, -0.25) is 9.69 Å². The number of carboxylic acids is 1. The van der Waals surface area contributed by atoms with Crippen LogP contribution in [-0.2, 0) is 30.7 Å². The Morgan fingerprint density at radius 1 is 1.36 bits per heavy atom. The third kappa shape index (κ3) is 3.41. The largest absolute Gasteiger partial charge is 0.481 e. The van der Waals surface area contributed by atoms with Crippen molar-refractivity contribution in [2.24, 2.45) is 0 Å². The number of carbonyl (C=O) groups is 1. The maximum atomic E-state index is 10.5. The third-order valence-electron chi connectivity index (χ3n) is 4.62. The van der Waals surface area contributed by atoms with Gasteiger partial charge < -0.3 is 14.6 Å². The summed E-state index contributed by atoms with van der Waals surface area (Å²) in [5.41, 5.74) is 3.86. The van der Waals surface area contributed by atoms with Gasteiger partial charge in [-0.05, 0) is 24.5 Å². The van der Waals surface area contributed by atoms with Crippen molar-refractivity contribution in [2.75, 3.05) is 6.54 Å². The summed E-state index contributed by atoms with van der Waals surface area (Å²) < 4.78 is 5.22. The molecule has 130 valence electrons. The number of hydrogen-bond donors (Lipinski definition) is 2. The van der Waals surface area contributed by atoms with E-state index in [-0.39, 0.29) is 6.42 Å². The molecule has 0 atom stereocenters. The second kappa shape index (κ2) is 6.68. The normalized spacial score (nSPS) is 14.7. The Morgan fingerprint density at radius 3 is 3.12 bits per heavy atom. The summed E-state index contributed by atoms with van der Waals surface area (Å²) in [6, 6.07) is 8.41. The predicted octanol–water partition coefficient (Wildman–Crippen LogP) is 2.52. The van der Waals surface area contributed by atoms with E-state index < -0.39 is 5.97 Å². The molecule has 25 heavy (non-hydrogen) atoms. The van der Waals surface area contributed by atoms with Crippen LogP contribution in [0.4, 0.5) is 0 Å². The fraction of sp³-hybridized carbons (Fsp3) is 0.389. The van der Waals surface area contributed by atoms with Crippen LogP contribution in [0, 0.1) is 0 Å². The van der Waals surface area contributed by atoms with Crippen LogP contribution in [0.5, 0.6) is 0 Å². The van der Waals surface area contributed by atoms with Crippen LogP contribution in [0.15, 0.2) is 28.8 Å². The van der Waals surface area contributed by atoms with Crippen molar-refractivity contribution < 1.29 is 14.4 Å². The van der Waals surface area contributed by atoms with E-state index in [9.17, 15) is 4.79 Å². The maximum Gasteiger partial charge on any atom is 0.303 e. The lowest BCUT2D eigenvalue weighted by Gasteiger charge is -2.25. The molecule has 0 radical (unpaired) electrons. The number of rotatable bonds is 6. The molecular formula is C18H20N4O3. The number of H-pyrrole nitrogens is 1. The molecule has 0 saturated heterocycles. The first kappa shape index (κ1) is 15.8. The first-order chi connectivity index (χ1) is 12.2. The molecule has 3 aromatic rings. The highest BCUT2D eigenvalue weighted by Crippen LogP contribution is 2.27. The lowest BCUT2D eigenvalue weighted by Crippen LogP contribution is -2.30. The van der Waals surface area contributed by atoms with Crippen molar-refractivity contribution in [3.63, 3.8) is 0 Å². The first-order valence-corrected chi connectivity index (χ1v) is 8.53. The van der Waals surface area contributed by atoms with Crippen molar-refractivity contribution in [2.45, 2.75) is 38.8 Å². The average molecular weight is 340 g/mol. The molecule has 1 aliphatic heterocycles. The van der Waals surface area contributed by atoms with Gasteiger partial charge >= 0.3 is 5.97 Å². The molecule has 4 rings (SSSR count). The Balaban J connectivity index is 1.39. The number of aryl methyl sites for hydroxylation is 1. The van der Waals surface area contributed by atoms with E-state index in [1.54, 1.807) is 0 Å². The highest BCUT2D eigenvalue weighted by atomic mass is 16.5. The van der Waals surface area contributed by atoms with Gasteiger partial charge in [-0.25, -0.2) is 0 Å². The fourth-order valence-electron chi connectivity index (χ4n) is 3.43. The van der Waals surface area contributed by atoms with Crippen molar-refractivity contribution >= 4 is 16.9 Å². The zero-order chi connectivity index (χ0) is 17.2. The number of benzene rings is 1. The van der Waals surface area contributed by atoms with Gasteiger partial charge in [0.25, 0.3) is 0 Å². The third-order valence-corrected chi connectivity index (χ3v) is 4.62. The molecule has 0 amide bonds. The van der Waals surface area contributed by atoms with Gasteiger partial charge in [0, 0.05) is 42.5 Å². The van der Waals surface area contributed by atoms with Gasteiger partial charge in [0.05, 0.1) is 6.54 Å². The van der Waals surface area contributed by atoms with Gasteiger partial charge in [-0.15, -0.1) is 0 Å². The maximum absolute atomic E-state index is 10.5. The van der Waals surface area contributed by atoms with Crippen molar-refractivity contribution in [3.05, 3.63) is 47.2 Å². The Bertz CT molecular complexity index is 899. The molecule has 2 aromatic heterocycles. The second-order valence-corrected chi connectivity index (χ2v) is 6.44. The zero-order valence-corrected chi connectivity index (χ0v) is 13.9. The summed E-state index contributed by atoms with van der Waals surface area (Å²) >= 11 is 0. The fourth-order valence-corrected chi connectivity index (χ4v) is 3.43. The SMILES string of the molecule is O=C(O)CCCc1nc(CN2CCc3c([nH]c4ccccc34)C2)no1. The van der Waals surface area contributed by atoms with Crippen molar-refractivity contribution in [3.8, 4) is 0 Å². The number of carboxylic acid groups (broad SMARTS) is 1. The average Bonchev–Trinajstić information content (AvgIpc) is 3.18. The molecule has 0 bridgehead atoms. The van der Waals surface area contributed by atoms with E-state index in [2.05, 4.69) is 38.2 Å². The van der Waals surface area contributed by atoms with Crippen LogP contribution in [0.2, 0.25) is 0 Å². The van der Waals surface area contributed by atoms with Gasteiger partial charge in [0.1, 0.15) is 0 Å². The van der Waals surface area contributed by atoms with Crippen LogP contribution >= 0.6 is 0 Å². The predicted molar refractivity (Wildman–Crippen MR) is 91.0 cm³/mol. The molecule has 0 saturated carbocycles. The molecular weight excluding hydrogens is 320 g/mol. The van der Waals surface area contributed by atoms with Gasteiger partial charge in [-0.2, -0.15) is 4.98 Å². The minimum atomic E-state index is -0.804. The van der Waals surface area contributed by atoms with Crippen molar-refractivity contribution in [1.29, 1.82) is 0 Å². The number of aromatic amines is 1. The monoisotopic (exact) mass is 340 g/mol. The summed E-state index contributed by atoms with van der Waals surface area (Å²) in [6.45, 7) is 2.43. The van der Waals surface area contributed by atoms with E-state index in [0.29, 0.717) is 31.1 Å². The molecule has 1 aliphatic rings. The highest BCUT2D eigenvalue weighted by Gasteiger charge is 2.21. The van der Waals surface area contributed by atoms with Gasteiger partial charge in [0.2, 0.25) is 5.89 Å². The number of fused-ring (bicyclic) bond motifs is 3. The summed E-state index contributed by atoms with van der Waals surface area (Å²) in [4.78, 5) is 20.7. The summed E-state index contributed by atoms with van der Waals surface area (Å²) in [6.07, 6.45) is 2.14.